The van der Waals surface area contributed by atoms with E-state index in [0.29, 0.717) is 6.61 Å². The number of ether oxygens (including phenoxy) is 3. The average Bonchev–Trinajstić information content (AvgIpc) is 2.49. The van der Waals surface area contributed by atoms with Crippen molar-refractivity contribution in [2.45, 2.75) is 58.7 Å². The van der Waals surface area contributed by atoms with E-state index in [9.17, 15) is 9.59 Å². The summed E-state index contributed by atoms with van der Waals surface area (Å²) in [6.07, 6.45) is -1.96. The molecular weight excluding hydrogens is 310 g/mol. The summed E-state index contributed by atoms with van der Waals surface area (Å²) in [7, 11) is 0. The van der Waals surface area contributed by atoms with Gasteiger partial charge in [-0.2, -0.15) is 0 Å². The molecule has 1 saturated heterocycles. The van der Waals surface area contributed by atoms with Gasteiger partial charge in [0.25, 0.3) is 5.91 Å². The van der Waals surface area contributed by atoms with Crippen LogP contribution in [-0.4, -0.2) is 41.5 Å². The third-order valence-corrected chi connectivity index (χ3v) is 3.52. The Balaban J connectivity index is 2.21. The molecule has 6 heteroatoms. The molecule has 132 valence electrons. The number of carbonyl (C=O) groups excluding carboxylic acids is 2. The minimum Gasteiger partial charge on any atom is -0.443 e. The van der Waals surface area contributed by atoms with Crippen molar-refractivity contribution in [3.8, 4) is 0 Å². The van der Waals surface area contributed by atoms with Crippen LogP contribution in [0.1, 0.15) is 46.2 Å². The summed E-state index contributed by atoms with van der Waals surface area (Å²) in [5.41, 5.74) is 0.139. The van der Waals surface area contributed by atoms with Crippen molar-refractivity contribution in [2.75, 3.05) is 6.61 Å². The van der Waals surface area contributed by atoms with Crippen LogP contribution >= 0.6 is 0 Å². The first-order valence-electron chi connectivity index (χ1n) is 8.12. The zero-order valence-corrected chi connectivity index (χ0v) is 14.8. The van der Waals surface area contributed by atoms with Crippen LogP contribution in [-0.2, 0) is 19.0 Å². The number of hydrogen-bond donors (Lipinski definition) is 0. The van der Waals surface area contributed by atoms with Crippen molar-refractivity contribution in [1.29, 1.82) is 0 Å². The van der Waals surface area contributed by atoms with Gasteiger partial charge in [-0.05, 0) is 40.2 Å². The molecule has 0 bridgehead atoms. The monoisotopic (exact) mass is 335 g/mol. The lowest BCUT2D eigenvalue weighted by molar-refractivity contribution is -0.211. The lowest BCUT2D eigenvalue weighted by Crippen LogP contribution is -2.63. The fraction of sp³-hybridized carbons (Fsp3) is 0.556. The van der Waals surface area contributed by atoms with Crippen molar-refractivity contribution in [3.05, 3.63) is 35.9 Å². The quantitative estimate of drug-likeness (QED) is 0.610. The highest BCUT2D eigenvalue weighted by atomic mass is 16.7. The van der Waals surface area contributed by atoms with Crippen molar-refractivity contribution >= 4 is 12.0 Å². The van der Waals surface area contributed by atoms with Gasteiger partial charge in [0.15, 0.2) is 12.4 Å². The summed E-state index contributed by atoms with van der Waals surface area (Å²) >= 11 is 0. The molecule has 0 aromatic heterocycles. The second-order valence-electron chi connectivity index (χ2n) is 6.62. The zero-order valence-electron chi connectivity index (χ0n) is 14.8. The maximum Gasteiger partial charge on any atom is 0.417 e. The van der Waals surface area contributed by atoms with Crippen molar-refractivity contribution in [3.63, 3.8) is 0 Å². The van der Waals surface area contributed by atoms with Crippen LogP contribution in [0.25, 0.3) is 0 Å². The first-order valence-corrected chi connectivity index (χ1v) is 8.12. The Labute approximate surface area is 142 Å². The number of nitrogens with zero attached hydrogens (tertiary/aromatic N) is 1. The summed E-state index contributed by atoms with van der Waals surface area (Å²) in [6, 6.07) is 8.78. The van der Waals surface area contributed by atoms with Gasteiger partial charge >= 0.3 is 6.09 Å². The summed E-state index contributed by atoms with van der Waals surface area (Å²) in [4.78, 5) is 26.0. The van der Waals surface area contributed by atoms with Gasteiger partial charge in [0, 0.05) is 6.61 Å². The Morgan fingerprint density at radius 3 is 2.42 bits per heavy atom. The summed E-state index contributed by atoms with van der Waals surface area (Å²) in [5, 5.41) is 0. The van der Waals surface area contributed by atoms with Crippen molar-refractivity contribution in [1.82, 2.24) is 4.90 Å². The molecule has 1 heterocycles. The van der Waals surface area contributed by atoms with Crippen LogP contribution < -0.4 is 0 Å². The predicted octanol–water partition coefficient (Wildman–Crippen LogP) is 3.27. The lowest BCUT2D eigenvalue weighted by atomic mass is 9.91. The minimum atomic E-state index is -0.763. The SMILES string of the molecule is CCO[C@H](C)O[C@H]1C(=O)N(C(=O)OC(C)(C)C)[C@@H]1c1ccccc1. The van der Waals surface area contributed by atoms with Crippen LogP contribution in [0, 0.1) is 0 Å². The van der Waals surface area contributed by atoms with E-state index in [-0.39, 0.29) is 0 Å². The number of likely N-dealkylation sites (tertiary alicyclic amines) is 1. The third-order valence-electron chi connectivity index (χ3n) is 3.52. The second kappa shape index (κ2) is 7.32. The molecule has 1 aliphatic heterocycles. The molecule has 1 aromatic rings. The molecule has 0 aliphatic carbocycles. The Kier molecular flexibility index (Phi) is 5.62. The molecule has 2 amide bonds. The van der Waals surface area contributed by atoms with E-state index in [2.05, 4.69) is 0 Å². The highest BCUT2D eigenvalue weighted by Gasteiger charge is 2.54. The number of benzene rings is 1. The van der Waals surface area contributed by atoms with Crippen LogP contribution in [0.4, 0.5) is 4.79 Å². The van der Waals surface area contributed by atoms with E-state index in [1.165, 1.54) is 0 Å². The minimum absolute atomic E-state index is 0.412. The van der Waals surface area contributed by atoms with Gasteiger partial charge in [0.1, 0.15) is 11.6 Å². The lowest BCUT2D eigenvalue weighted by Gasteiger charge is -2.45. The van der Waals surface area contributed by atoms with Crippen molar-refractivity contribution in [2.24, 2.45) is 0 Å². The fourth-order valence-electron chi connectivity index (χ4n) is 2.56. The Bertz CT molecular complexity index is 581. The molecule has 1 aliphatic rings. The zero-order chi connectivity index (χ0) is 17.9. The predicted molar refractivity (Wildman–Crippen MR) is 88.2 cm³/mol. The van der Waals surface area contributed by atoms with Gasteiger partial charge in [-0.25, -0.2) is 9.69 Å². The Hall–Kier alpha value is -1.92. The molecule has 1 aromatic carbocycles. The van der Waals surface area contributed by atoms with E-state index in [0.717, 1.165) is 10.5 Å². The first kappa shape index (κ1) is 18.4. The molecule has 6 nitrogen and oxygen atoms in total. The largest absolute Gasteiger partial charge is 0.443 e. The number of hydrogen-bond acceptors (Lipinski definition) is 5. The van der Waals surface area contributed by atoms with Gasteiger partial charge < -0.3 is 14.2 Å². The van der Waals surface area contributed by atoms with E-state index in [1.807, 2.05) is 37.3 Å². The molecule has 3 atom stereocenters. The Morgan fingerprint density at radius 1 is 1.25 bits per heavy atom. The van der Waals surface area contributed by atoms with Crippen LogP contribution in [0.5, 0.6) is 0 Å². The van der Waals surface area contributed by atoms with Gasteiger partial charge in [0.2, 0.25) is 0 Å². The molecule has 0 saturated carbocycles. The van der Waals surface area contributed by atoms with E-state index in [1.54, 1.807) is 27.7 Å². The molecule has 0 spiro atoms. The molecule has 1 fully saturated rings. The van der Waals surface area contributed by atoms with E-state index in [4.69, 9.17) is 14.2 Å². The molecule has 0 unspecified atom stereocenters. The Morgan fingerprint density at radius 2 is 1.88 bits per heavy atom. The van der Waals surface area contributed by atoms with Gasteiger partial charge in [0.05, 0.1) is 0 Å². The molecular formula is C18H25NO5. The standard InChI is InChI=1S/C18H25NO5/c1-6-22-12(2)23-15-14(13-10-8-7-9-11-13)19(16(15)20)17(21)24-18(3,4)5/h7-12,14-15H,6H2,1-5H3/t12-,14+,15+/m0/s1. The normalized spacial score (nSPS) is 22.0. The summed E-state index contributed by atoms with van der Waals surface area (Å²) in [5.74, 6) is -0.412. The topological polar surface area (TPSA) is 65.1 Å². The number of β-lactam (4-membered cyclic amide) rings is 1. The van der Waals surface area contributed by atoms with Crippen LogP contribution in [0.2, 0.25) is 0 Å². The third kappa shape index (κ3) is 4.13. The van der Waals surface area contributed by atoms with E-state index < -0.39 is 36.0 Å². The van der Waals surface area contributed by atoms with Crippen LogP contribution in [0.15, 0.2) is 30.3 Å². The average molecular weight is 335 g/mol. The smallest absolute Gasteiger partial charge is 0.417 e. The summed E-state index contributed by atoms with van der Waals surface area (Å²) < 4.78 is 16.4. The van der Waals surface area contributed by atoms with Gasteiger partial charge in [-0.3, -0.25) is 4.79 Å². The molecule has 0 N–H and O–H groups in total. The highest BCUT2D eigenvalue weighted by molar-refractivity contribution is 6.01. The first-order chi connectivity index (χ1) is 11.2. The maximum absolute atomic E-state index is 12.5. The number of amides is 2. The van der Waals surface area contributed by atoms with Crippen LogP contribution in [0.3, 0.4) is 0 Å². The molecule has 0 radical (unpaired) electrons. The fourth-order valence-corrected chi connectivity index (χ4v) is 2.56. The van der Waals surface area contributed by atoms with E-state index >= 15 is 0 Å². The number of imide groups is 1. The van der Waals surface area contributed by atoms with Crippen molar-refractivity contribution < 1.29 is 23.8 Å². The van der Waals surface area contributed by atoms with Gasteiger partial charge in [-0.1, -0.05) is 30.3 Å². The molecule has 24 heavy (non-hydrogen) atoms. The molecule has 2 rings (SSSR count). The second-order valence-corrected chi connectivity index (χ2v) is 6.62. The number of carbonyl (C=O) groups is 2. The maximum atomic E-state index is 12.5. The highest BCUT2D eigenvalue weighted by Crippen LogP contribution is 2.38. The van der Waals surface area contributed by atoms with Gasteiger partial charge in [-0.15, -0.1) is 0 Å². The number of rotatable bonds is 5. The summed E-state index contributed by atoms with van der Waals surface area (Å²) in [6.45, 7) is 9.35.